The van der Waals surface area contributed by atoms with Gasteiger partial charge in [0.25, 0.3) is 11.8 Å². The number of amides is 2. The molecule has 25 heavy (non-hydrogen) atoms. The average molecular weight is 342 g/mol. The minimum Gasteiger partial charge on any atom is -0.493 e. The number of hydrogen-bond acceptors (Lipinski definition) is 4. The number of para-hydroxylation sites is 2. The largest absolute Gasteiger partial charge is 0.493 e. The van der Waals surface area contributed by atoms with Crippen LogP contribution in [0.3, 0.4) is 0 Å². The number of carbonyl (C=O) groups is 2. The van der Waals surface area contributed by atoms with Crippen molar-refractivity contribution < 1.29 is 19.1 Å². The van der Waals surface area contributed by atoms with E-state index >= 15 is 0 Å². The minimum absolute atomic E-state index is 0.0493. The second kappa shape index (κ2) is 8.19. The zero-order chi connectivity index (χ0) is 18.4. The number of nitrogens with two attached hydrogens (primary N) is 1. The second-order valence-corrected chi connectivity index (χ2v) is 5.68. The van der Waals surface area contributed by atoms with Crippen molar-refractivity contribution in [1.82, 2.24) is 0 Å². The van der Waals surface area contributed by atoms with Crippen molar-refractivity contribution in [2.75, 3.05) is 18.6 Å². The van der Waals surface area contributed by atoms with E-state index in [-0.39, 0.29) is 29.9 Å². The van der Waals surface area contributed by atoms with Gasteiger partial charge in [-0.05, 0) is 38.1 Å². The summed E-state index contributed by atoms with van der Waals surface area (Å²) < 4.78 is 10.8. The topological polar surface area (TPSA) is 81.9 Å². The smallest absolute Gasteiger partial charge is 0.265 e. The average Bonchev–Trinajstić information content (AvgIpc) is 2.60. The standard InChI is InChI=1S/C19H22N2O4/c1-13(2)21(14-8-5-4-6-9-14)17(22)12-25-18-15(19(20)23)10-7-11-16(18)24-3/h4-11,13H,12H2,1-3H3,(H2,20,23). The molecular weight excluding hydrogens is 320 g/mol. The van der Waals surface area contributed by atoms with Crippen LogP contribution in [0, 0.1) is 0 Å². The molecule has 0 saturated carbocycles. The predicted octanol–water partition coefficient (Wildman–Crippen LogP) is 2.61. The third-order valence-electron chi connectivity index (χ3n) is 3.62. The molecule has 0 spiro atoms. The zero-order valence-electron chi connectivity index (χ0n) is 14.6. The van der Waals surface area contributed by atoms with E-state index in [1.807, 2.05) is 44.2 Å². The Balaban J connectivity index is 2.23. The van der Waals surface area contributed by atoms with E-state index in [0.29, 0.717) is 5.75 Å². The minimum atomic E-state index is -0.648. The van der Waals surface area contributed by atoms with E-state index < -0.39 is 5.91 Å². The first kappa shape index (κ1) is 18.3. The fourth-order valence-electron chi connectivity index (χ4n) is 2.54. The Kier molecular flexibility index (Phi) is 6.00. The van der Waals surface area contributed by atoms with E-state index in [1.54, 1.807) is 17.0 Å². The van der Waals surface area contributed by atoms with Gasteiger partial charge in [-0.3, -0.25) is 9.59 Å². The quantitative estimate of drug-likeness (QED) is 0.838. The fourth-order valence-corrected chi connectivity index (χ4v) is 2.54. The Labute approximate surface area is 147 Å². The maximum Gasteiger partial charge on any atom is 0.265 e. The highest BCUT2D eigenvalue weighted by molar-refractivity contribution is 5.97. The molecule has 0 aromatic heterocycles. The lowest BCUT2D eigenvalue weighted by molar-refractivity contribution is -0.120. The maximum atomic E-state index is 12.7. The fraction of sp³-hybridized carbons (Fsp3) is 0.263. The van der Waals surface area contributed by atoms with Crippen LogP contribution in [0.1, 0.15) is 24.2 Å². The Morgan fingerprint density at radius 3 is 2.32 bits per heavy atom. The highest BCUT2D eigenvalue weighted by atomic mass is 16.5. The van der Waals surface area contributed by atoms with Gasteiger partial charge in [0.05, 0.1) is 12.7 Å². The molecule has 0 unspecified atom stereocenters. The summed E-state index contributed by atoms with van der Waals surface area (Å²) in [5.41, 5.74) is 6.32. The van der Waals surface area contributed by atoms with Crippen molar-refractivity contribution in [2.45, 2.75) is 19.9 Å². The van der Waals surface area contributed by atoms with E-state index in [0.717, 1.165) is 5.69 Å². The van der Waals surface area contributed by atoms with Crippen molar-refractivity contribution in [3.63, 3.8) is 0 Å². The third kappa shape index (κ3) is 4.29. The summed E-state index contributed by atoms with van der Waals surface area (Å²) in [6.07, 6.45) is 0. The molecular formula is C19H22N2O4. The van der Waals surface area contributed by atoms with Gasteiger partial charge in [0.15, 0.2) is 18.1 Å². The number of rotatable bonds is 7. The molecule has 2 aromatic carbocycles. The number of methoxy groups -OCH3 is 1. The van der Waals surface area contributed by atoms with Crippen LogP contribution in [0.5, 0.6) is 11.5 Å². The van der Waals surface area contributed by atoms with Crippen LogP contribution < -0.4 is 20.1 Å². The number of ether oxygens (including phenoxy) is 2. The van der Waals surface area contributed by atoms with E-state index in [1.165, 1.54) is 13.2 Å². The van der Waals surface area contributed by atoms with Gasteiger partial charge in [-0.2, -0.15) is 0 Å². The second-order valence-electron chi connectivity index (χ2n) is 5.68. The molecule has 0 aliphatic carbocycles. The molecule has 0 aliphatic rings. The summed E-state index contributed by atoms with van der Waals surface area (Å²) >= 11 is 0. The normalized spacial score (nSPS) is 10.4. The van der Waals surface area contributed by atoms with Crippen molar-refractivity contribution in [3.8, 4) is 11.5 Å². The van der Waals surface area contributed by atoms with Crippen LogP contribution in [0.25, 0.3) is 0 Å². The summed E-state index contributed by atoms with van der Waals surface area (Å²) in [5, 5.41) is 0. The number of primary amides is 1. The Morgan fingerprint density at radius 2 is 1.76 bits per heavy atom. The van der Waals surface area contributed by atoms with Crippen LogP contribution in [-0.2, 0) is 4.79 Å². The molecule has 6 heteroatoms. The van der Waals surface area contributed by atoms with E-state index in [2.05, 4.69) is 0 Å². The molecule has 6 nitrogen and oxygen atoms in total. The number of nitrogens with zero attached hydrogens (tertiary/aromatic N) is 1. The number of carbonyl (C=O) groups excluding carboxylic acids is 2. The molecule has 132 valence electrons. The van der Waals surface area contributed by atoms with Crippen LogP contribution in [0.4, 0.5) is 5.69 Å². The van der Waals surface area contributed by atoms with E-state index in [9.17, 15) is 9.59 Å². The highest BCUT2D eigenvalue weighted by Gasteiger charge is 2.21. The summed E-state index contributed by atoms with van der Waals surface area (Å²) in [7, 11) is 1.46. The van der Waals surface area contributed by atoms with Crippen molar-refractivity contribution in [2.24, 2.45) is 5.73 Å². The predicted molar refractivity (Wildman–Crippen MR) is 96.1 cm³/mol. The van der Waals surface area contributed by atoms with Gasteiger partial charge in [-0.25, -0.2) is 0 Å². The molecule has 0 radical (unpaired) electrons. The van der Waals surface area contributed by atoms with Crippen molar-refractivity contribution in [3.05, 3.63) is 54.1 Å². The van der Waals surface area contributed by atoms with Gasteiger partial charge in [0.1, 0.15) is 0 Å². The van der Waals surface area contributed by atoms with Crippen LogP contribution in [0.15, 0.2) is 48.5 Å². The molecule has 0 bridgehead atoms. The van der Waals surface area contributed by atoms with Gasteiger partial charge in [0, 0.05) is 11.7 Å². The van der Waals surface area contributed by atoms with Crippen LogP contribution in [-0.4, -0.2) is 31.6 Å². The third-order valence-corrected chi connectivity index (χ3v) is 3.62. The summed E-state index contributed by atoms with van der Waals surface area (Å²) in [4.78, 5) is 25.9. The molecule has 2 amide bonds. The first-order valence-electron chi connectivity index (χ1n) is 7.92. The lowest BCUT2D eigenvalue weighted by atomic mass is 10.1. The first-order valence-corrected chi connectivity index (χ1v) is 7.92. The SMILES string of the molecule is COc1cccc(C(N)=O)c1OCC(=O)N(c1ccccc1)C(C)C. The number of hydrogen-bond donors (Lipinski definition) is 1. The van der Waals surface area contributed by atoms with Crippen molar-refractivity contribution in [1.29, 1.82) is 0 Å². The summed E-state index contributed by atoms with van der Waals surface area (Å²) in [6.45, 7) is 3.60. The molecule has 0 atom stereocenters. The number of anilines is 1. The maximum absolute atomic E-state index is 12.7. The molecule has 0 saturated heterocycles. The summed E-state index contributed by atoms with van der Waals surface area (Å²) in [5.74, 6) is -0.366. The molecule has 0 fully saturated rings. The van der Waals surface area contributed by atoms with Crippen LogP contribution >= 0.6 is 0 Å². The zero-order valence-corrected chi connectivity index (χ0v) is 14.6. The van der Waals surface area contributed by atoms with Crippen LogP contribution in [0.2, 0.25) is 0 Å². The van der Waals surface area contributed by atoms with Gasteiger partial charge in [0.2, 0.25) is 0 Å². The molecule has 2 aromatic rings. The highest BCUT2D eigenvalue weighted by Crippen LogP contribution is 2.31. The van der Waals surface area contributed by atoms with Crippen molar-refractivity contribution >= 4 is 17.5 Å². The Morgan fingerprint density at radius 1 is 1.08 bits per heavy atom. The molecule has 0 heterocycles. The summed E-state index contributed by atoms with van der Waals surface area (Å²) in [6, 6.07) is 14.1. The van der Waals surface area contributed by atoms with Gasteiger partial charge in [-0.15, -0.1) is 0 Å². The first-order chi connectivity index (χ1) is 12.0. The van der Waals surface area contributed by atoms with Gasteiger partial charge < -0.3 is 20.1 Å². The Hall–Kier alpha value is -3.02. The molecule has 2 rings (SSSR count). The van der Waals surface area contributed by atoms with E-state index in [4.69, 9.17) is 15.2 Å². The molecule has 2 N–H and O–H groups in total. The Bertz CT molecular complexity index is 744. The lowest BCUT2D eigenvalue weighted by Gasteiger charge is -2.27. The van der Waals surface area contributed by atoms with Gasteiger partial charge in [-0.1, -0.05) is 24.3 Å². The lowest BCUT2D eigenvalue weighted by Crippen LogP contribution is -2.40. The van der Waals surface area contributed by atoms with Gasteiger partial charge >= 0.3 is 0 Å². The monoisotopic (exact) mass is 342 g/mol. The molecule has 0 aliphatic heterocycles. The number of benzene rings is 2.